The van der Waals surface area contributed by atoms with E-state index in [1.807, 2.05) is 11.3 Å². The van der Waals surface area contributed by atoms with Gasteiger partial charge in [-0.25, -0.2) is 0 Å². The maximum absolute atomic E-state index is 9.44. The smallest absolute Gasteiger partial charge is 0.0555 e. The molecule has 1 saturated carbocycles. The fourth-order valence-electron chi connectivity index (χ4n) is 2.19. The second kappa shape index (κ2) is 5.30. The van der Waals surface area contributed by atoms with Crippen molar-refractivity contribution < 1.29 is 5.11 Å². The lowest BCUT2D eigenvalue weighted by Gasteiger charge is -2.10. The van der Waals surface area contributed by atoms with E-state index in [1.54, 1.807) is 0 Å². The summed E-state index contributed by atoms with van der Waals surface area (Å²) in [4.78, 5) is 2.87. The molecule has 0 aromatic carbocycles. The van der Waals surface area contributed by atoms with Crippen LogP contribution < -0.4 is 5.32 Å². The lowest BCUT2D eigenvalue weighted by Crippen LogP contribution is -2.25. The predicted molar refractivity (Wildman–Crippen MR) is 68.9 cm³/mol. The van der Waals surface area contributed by atoms with Crippen LogP contribution in [-0.4, -0.2) is 17.3 Å². The standard InChI is InChI=1S/C13H21NOS/c1-9(2)13-6-5-12(16-13)8-14-10-3-4-11(15)7-10/h5-6,9-11,14-15H,3-4,7-8H2,1-2H3/t10-,11+/m0/s1. The zero-order valence-corrected chi connectivity index (χ0v) is 10.9. The average Bonchev–Trinajstić information content (AvgIpc) is 2.83. The Morgan fingerprint density at radius 1 is 1.44 bits per heavy atom. The molecule has 0 saturated heterocycles. The fourth-order valence-corrected chi connectivity index (χ4v) is 3.15. The van der Waals surface area contributed by atoms with Gasteiger partial charge in [-0.15, -0.1) is 11.3 Å². The van der Waals surface area contributed by atoms with E-state index in [-0.39, 0.29) is 6.10 Å². The molecule has 0 aliphatic heterocycles. The van der Waals surface area contributed by atoms with Crippen molar-refractivity contribution in [3.63, 3.8) is 0 Å². The van der Waals surface area contributed by atoms with Gasteiger partial charge in [-0.2, -0.15) is 0 Å². The molecule has 2 nitrogen and oxygen atoms in total. The van der Waals surface area contributed by atoms with Crippen LogP contribution in [0.2, 0.25) is 0 Å². The normalized spacial score (nSPS) is 25.5. The Bertz CT molecular complexity index is 334. The number of aliphatic hydroxyl groups excluding tert-OH is 1. The maximum atomic E-state index is 9.44. The second-order valence-electron chi connectivity index (χ2n) is 5.00. The minimum absolute atomic E-state index is 0.0768. The third-order valence-electron chi connectivity index (χ3n) is 3.22. The molecule has 0 bridgehead atoms. The predicted octanol–water partition coefficient (Wildman–Crippen LogP) is 2.87. The van der Waals surface area contributed by atoms with Crippen molar-refractivity contribution in [2.24, 2.45) is 0 Å². The van der Waals surface area contributed by atoms with Crippen LogP contribution in [0.15, 0.2) is 12.1 Å². The van der Waals surface area contributed by atoms with Gasteiger partial charge in [0.1, 0.15) is 0 Å². The summed E-state index contributed by atoms with van der Waals surface area (Å²) in [6, 6.07) is 4.97. The molecule has 0 spiro atoms. The summed E-state index contributed by atoms with van der Waals surface area (Å²) in [5.74, 6) is 0.632. The molecule has 1 aliphatic rings. The Morgan fingerprint density at radius 3 is 2.81 bits per heavy atom. The van der Waals surface area contributed by atoms with E-state index in [1.165, 1.54) is 9.75 Å². The van der Waals surface area contributed by atoms with Crippen molar-refractivity contribution in [1.29, 1.82) is 0 Å². The van der Waals surface area contributed by atoms with E-state index in [9.17, 15) is 5.11 Å². The lowest BCUT2D eigenvalue weighted by molar-refractivity contribution is 0.179. The van der Waals surface area contributed by atoms with Gasteiger partial charge >= 0.3 is 0 Å². The highest BCUT2D eigenvalue weighted by Gasteiger charge is 2.22. The molecule has 0 amide bonds. The van der Waals surface area contributed by atoms with Crippen LogP contribution >= 0.6 is 11.3 Å². The van der Waals surface area contributed by atoms with Crippen molar-refractivity contribution in [3.8, 4) is 0 Å². The van der Waals surface area contributed by atoms with Crippen LogP contribution in [-0.2, 0) is 6.54 Å². The number of hydrogen-bond donors (Lipinski definition) is 2. The van der Waals surface area contributed by atoms with Crippen LogP contribution in [0.25, 0.3) is 0 Å². The molecule has 1 aliphatic carbocycles. The molecule has 2 N–H and O–H groups in total. The molecular formula is C13H21NOS. The van der Waals surface area contributed by atoms with Gasteiger partial charge in [0, 0.05) is 22.3 Å². The van der Waals surface area contributed by atoms with E-state index in [0.717, 1.165) is 25.8 Å². The zero-order chi connectivity index (χ0) is 11.5. The van der Waals surface area contributed by atoms with Gasteiger partial charge in [0.25, 0.3) is 0 Å². The first-order valence-electron chi connectivity index (χ1n) is 6.15. The van der Waals surface area contributed by atoms with Gasteiger partial charge in [0.2, 0.25) is 0 Å². The minimum atomic E-state index is -0.0768. The van der Waals surface area contributed by atoms with E-state index in [2.05, 4.69) is 31.3 Å². The molecule has 1 aromatic rings. The first-order chi connectivity index (χ1) is 7.65. The molecule has 3 heteroatoms. The molecule has 1 heterocycles. The Hall–Kier alpha value is -0.380. The van der Waals surface area contributed by atoms with E-state index in [0.29, 0.717) is 12.0 Å². The molecule has 2 rings (SSSR count). The van der Waals surface area contributed by atoms with E-state index in [4.69, 9.17) is 0 Å². The Labute approximate surface area is 102 Å². The van der Waals surface area contributed by atoms with Gasteiger partial charge in [0.05, 0.1) is 6.10 Å². The third kappa shape index (κ3) is 3.06. The summed E-state index contributed by atoms with van der Waals surface area (Å²) >= 11 is 1.90. The highest BCUT2D eigenvalue weighted by Crippen LogP contribution is 2.25. The summed E-state index contributed by atoms with van der Waals surface area (Å²) < 4.78 is 0. The molecule has 2 atom stereocenters. The van der Waals surface area contributed by atoms with Crippen LogP contribution in [0.4, 0.5) is 0 Å². The third-order valence-corrected chi connectivity index (χ3v) is 4.61. The van der Waals surface area contributed by atoms with E-state index < -0.39 is 0 Å². The molecular weight excluding hydrogens is 218 g/mol. The Morgan fingerprint density at radius 2 is 2.25 bits per heavy atom. The van der Waals surface area contributed by atoms with E-state index >= 15 is 0 Å². The van der Waals surface area contributed by atoms with Crippen LogP contribution in [0.1, 0.15) is 48.8 Å². The molecule has 1 fully saturated rings. The first kappa shape index (κ1) is 12.1. The van der Waals surface area contributed by atoms with Crippen molar-refractivity contribution in [1.82, 2.24) is 5.32 Å². The number of nitrogens with one attached hydrogen (secondary N) is 1. The van der Waals surface area contributed by atoms with Crippen molar-refractivity contribution in [2.45, 2.75) is 57.7 Å². The van der Waals surface area contributed by atoms with Gasteiger partial charge in [-0.05, 0) is 37.3 Å². The summed E-state index contributed by atoms with van der Waals surface area (Å²) in [7, 11) is 0. The first-order valence-corrected chi connectivity index (χ1v) is 6.97. The summed E-state index contributed by atoms with van der Waals surface area (Å²) in [6.07, 6.45) is 2.91. The number of hydrogen-bond acceptors (Lipinski definition) is 3. The van der Waals surface area contributed by atoms with Crippen molar-refractivity contribution >= 4 is 11.3 Å². The second-order valence-corrected chi connectivity index (χ2v) is 6.20. The quantitative estimate of drug-likeness (QED) is 0.847. The molecule has 16 heavy (non-hydrogen) atoms. The number of rotatable bonds is 4. The Balaban J connectivity index is 1.80. The minimum Gasteiger partial charge on any atom is -0.393 e. The van der Waals surface area contributed by atoms with Crippen LogP contribution in [0.3, 0.4) is 0 Å². The lowest BCUT2D eigenvalue weighted by atomic mass is 10.2. The van der Waals surface area contributed by atoms with Gasteiger partial charge < -0.3 is 10.4 Å². The summed E-state index contributed by atoms with van der Waals surface area (Å²) in [5, 5.41) is 13.0. The number of thiophene rings is 1. The van der Waals surface area contributed by atoms with Gasteiger partial charge in [-0.3, -0.25) is 0 Å². The molecule has 0 unspecified atom stereocenters. The van der Waals surface area contributed by atoms with Crippen LogP contribution in [0, 0.1) is 0 Å². The van der Waals surface area contributed by atoms with Crippen LogP contribution in [0.5, 0.6) is 0 Å². The fraction of sp³-hybridized carbons (Fsp3) is 0.692. The average molecular weight is 239 g/mol. The summed E-state index contributed by atoms with van der Waals surface area (Å²) in [6.45, 7) is 5.42. The zero-order valence-electron chi connectivity index (χ0n) is 10.1. The van der Waals surface area contributed by atoms with Gasteiger partial charge in [-0.1, -0.05) is 13.8 Å². The SMILES string of the molecule is CC(C)c1ccc(CN[C@H]2CC[C@@H](O)C2)s1. The number of aliphatic hydroxyl groups is 1. The molecule has 1 aromatic heterocycles. The molecule has 90 valence electrons. The van der Waals surface area contributed by atoms with Gasteiger partial charge in [0.15, 0.2) is 0 Å². The maximum Gasteiger partial charge on any atom is 0.0555 e. The Kier molecular flexibility index (Phi) is 4.00. The van der Waals surface area contributed by atoms with Crippen molar-refractivity contribution in [3.05, 3.63) is 21.9 Å². The molecule has 0 radical (unpaired) electrons. The topological polar surface area (TPSA) is 32.3 Å². The highest BCUT2D eigenvalue weighted by atomic mass is 32.1. The monoisotopic (exact) mass is 239 g/mol. The largest absolute Gasteiger partial charge is 0.393 e. The van der Waals surface area contributed by atoms with Crippen molar-refractivity contribution in [2.75, 3.05) is 0 Å². The summed E-state index contributed by atoms with van der Waals surface area (Å²) in [5.41, 5.74) is 0. The highest BCUT2D eigenvalue weighted by molar-refractivity contribution is 7.12.